The molecule has 0 amide bonds. The number of rotatable bonds is 2. The molecule has 0 saturated carbocycles. The summed E-state index contributed by atoms with van der Waals surface area (Å²) >= 11 is 5.91. The number of fused-ring (bicyclic) bond motifs is 3. The number of halogens is 1. The van der Waals surface area contributed by atoms with Gasteiger partial charge >= 0.3 is 0 Å². The molecule has 0 aliphatic carbocycles. The van der Waals surface area contributed by atoms with E-state index in [-0.39, 0.29) is 10.6 Å². The Labute approximate surface area is 143 Å². The van der Waals surface area contributed by atoms with Crippen LogP contribution in [0.5, 0.6) is 5.75 Å². The summed E-state index contributed by atoms with van der Waals surface area (Å²) in [6, 6.07) is 18.5. The third kappa shape index (κ3) is 2.41. The van der Waals surface area contributed by atoms with E-state index in [0.29, 0.717) is 16.3 Å². The molecule has 118 valence electrons. The maximum atomic E-state index is 11.6. The Hall–Kier alpha value is -2.85. The highest BCUT2D eigenvalue weighted by Crippen LogP contribution is 2.40. The molecule has 4 nitrogen and oxygen atoms in total. The van der Waals surface area contributed by atoms with Gasteiger partial charge in [-0.1, -0.05) is 54.1 Å². The molecule has 0 fully saturated rings. The third-order valence-corrected chi connectivity index (χ3v) is 4.37. The molecule has 0 aromatic heterocycles. The van der Waals surface area contributed by atoms with Crippen molar-refractivity contribution < 1.29 is 9.66 Å². The molecule has 0 spiro atoms. The standard InChI is InChI=1S/C19H12ClNO3/c20-14-8-5-13(6-9-14)19-17(21(22)23)11-16-15-4-2-1-3-12(15)7-10-18(16)24-19/h1-11,19H. The van der Waals surface area contributed by atoms with Crippen molar-refractivity contribution in [3.05, 3.63) is 92.6 Å². The normalized spacial score (nSPS) is 16.2. The minimum atomic E-state index is -0.758. The molecule has 3 aromatic carbocycles. The van der Waals surface area contributed by atoms with Gasteiger partial charge in [-0.15, -0.1) is 0 Å². The highest BCUT2D eigenvalue weighted by Gasteiger charge is 2.33. The van der Waals surface area contributed by atoms with Gasteiger partial charge in [0, 0.05) is 22.2 Å². The van der Waals surface area contributed by atoms with Crippen LogP contribution in [0.1, 0.15) is 17.2 Å². The summed E-state index contributed by atoms with van der Waals surface area (Å²) in [5.74, 6) is 0.638. The van der Waals surface area contributed by atoms with E-state index in [9.17, 15) is 10.1 Å². The largest absolute Gasteiger partial charge is 0.474 e. The van der Waals surface area contributed by atoms with Crippen LogP contribution in [0.25, 0.3) is 16.8 Å². The molecule has 0 radical (unpaired) electrons. The number of nitro groups is 1. The molecule has 1 heterocycles. The monoisotopic (exact) mass is 337 g/mol. The van der Waals surface area contributed by atoms with E-state index < -0.39 is 6.10 Å². The van der Waals surface area contributed by atoms with Crippen molar-refractivity contribution in [1.82, 2.24) is 0 Å². The molecule has 1 atom stereocenters. The van der Waals surface area contributed by atoms with Gasteiger partial charge in [-0.05, 0) is 29.0 Å². The first-order valence-corrected chi connectivity index (χ1v) is 7.81. The Morgan fingerprint density at radius 1 is 1.00 bits per heavy atom. The molecule has 0 bridgehead atoms. The molecule has 0 saturated heterocycles. The lowest BCUT2D eigenvalue weighted by Gasteiger charge is -2.23. The first-order valence-electron chi connectivity index (χ1n) is 7.43. The fourth-order valence-electron chi connectivity index (χ4n) is 2.96. The summed E-state index contributed by atoms with van der Waals surface area (Å²) in [6.45, 7) is 0. The van der Waals surface area contributed by atoms with Gasteiger partial charge in [0.1, 0.15) is 5.75 Å². The zero-order chi connectivity index (χ0) is 16.7. The maximum Gasteiger partial charge on any atom is 0.291 e. The zero-order valence-electron chi connectivity index (χ0n) is 12.5. The average Bonchev–Trinajstić information content (AvgIpc) is 2.61. The lowest BCUT2D eigenvalue weighted by molar-refractivity contribution is -0.434. The van der Waals surface area contributed by atoms with Crippen LogP contribution in [0.15, 0.2) is 66.4 Å². The predicted octanol–water partition coefficient (Wildman–Crippen LogP) is 5.24. The Kier molecular flexibility index (Phi) is 3.47. The maximum absolute atomic E-state index is 11.6. The quantitative estimate of drug-likeness (QED) is 0.474. The van der Waals surface area contributed by atoms with E-state index >= 15 is 0 Å². The Morgan fingerprint density at radius 3 is 2.50 bits per heavy atom. The summed E-state index contributed by atoms with van der Waals surface area (Å²) in [4.78, 5) is 11.2. The Balaban J connectivity index is 1.90. The van der Waals surface area contributed by atoms with Crippen LogP contribution in [0.4, 0.5) is 0 Å². The minimum absolute atomic E-state index is 0.0150. The van der Waals surface area contributed by atoms with Gasteiger partial charge in [0.05, 0.1) is 4.92 Å². The second kappa shape index (κ2) is 5.65. The SMILES string of the molecule is O=[N+]([O-])C1=Cc2c(ccc3ccccc23)OC1c1ccc(Cl)cc1. The lowest BCUT2D eigenvalue weighted by atomic mass is 9.97. The first-order chi connectivity index (χ1) is 11.6. The Morgan fingerprint density at radius 2 is 1.75 bits per heavy atom. The van der Waals surface area contributed by atoms with Crippen molar-refractivity contribution in [1.29, 1.82) is 0 Å². The topological polar surface area (TPSA) is 52.4 Å². The van der Waals surface area contributed by atoms with E-state index in [1.54, 1.807) is 30.3 Å². The van der Waals surface area contributed by atoms with Gasteiger partial charge in [0.15, 0.2) is 0 Å². The predicted molar refractivity (Wildman–Crippen MR) is 93.7 cm³/mol. The molecule has 1 aliphatic heterocycles. The number of hydrogen-bond acceptors (Lipinski definition) is 3. The van der Waals surface area contributed by atoms with Crippen molar-refractivity contribution >= 4 is 28.4 Å². The van der Waals surface area contributed by atoms with Gasteiger partial charge in [0.2, 0.25) is 6.10 Å². The van der Waals surface area contributed by atoms with E-state index in [1.807, 2.05) is 36.4 Å². The number of benzene rings is 3. The third-order valence-electron chi connectivity index (χ3n) is 4.12. The van der Waals surface area contributed by atoms with Crippen LogP contribution in [0, 0.1) is 10.1 Å². The molecule has 5 heteroatoms. The number of hydrogen-bond donors (Lipinski definition) is 0. The zero-order valence-corrected chi connectivity index (χ0v) is 13.2. The molecule has 1 unspecified atom stereocenters. The number of ether oxygens (including phenoxy) is 1. The highest BCUT2D eigenvalue weighted by atomic mass is 35.5. The van der Waals surface area contributed by atoms with Crippen molar-refractivity contribution in [3.8, 4) is 5.75 Å². The molecule has 24 heavy (non-hydrogen) atoms. The number of nitrogens with zero attached hydrogens (tertiary/aromatic N) is 1. The van der Waals surface area contributed by atoms with Gasteiger partial charge in [-0.3, -0.25) is 10.1 Å². The molecule has 3 aromatic rings. The summed E-state index contributed by atoms with van der Waals surface area (Å²) in [6.07, 6.45) is 0.853. The second-order valence-corrected chi connectivity index (χ2v) is 6.01. The van der Waals surface area contributed by atoms with Crippen LogP contribution >= 0.6 is 11.6 Å². The second-order valence-electron chi connectivity index (χ2n) is 5.57. The summed E-state index contributed by atoms with van der Waals surface area (Å²) in [5, 5.41) is 14.1. The van der Waals surface area contributed by atoms with Gasteiger partial charge in [0.25, 0.3) is 5.70 Å². The van der Waals surface area contributed by atoms with Crippen LogP contribution in [-0.2, 0) is 0 Å². The van der Waals surface area contributed by atoms with Crippen molar-refractivity contribution in [3.63, 3.8) is 0 Å². The minimum Gasteiger partial charge on any atom is -0.474 e. The van der Waals surface area contributed by atoms with E-state index in [2.05, 4.69) is 0 Å². The summed E-state index contributed by atoms with van der Waals surface area (Å²) in [5.41, 5.74) is 1.45. The van der Waals surface area contributed by atoms with Crippen LogP contribution in [-0.4, -0.2) is 4.92 Å². The van der Waals surface area contributed by atoms with E-state index in [4.69, 9.17) is 16.3 Å². The first kappa shape index (κ1) is 14.7. The summed E-state index contributed by atoms with van der Waals surface area (Å²) in [7, 11) is 0. The smallest absolute Gasteiger partial charge is 0.291 e. The van der Waals surface area contributed by atoms with Gasteiger partial charge in [-0.2, -0.15) is 0 Å². The fourth-order valence-corrected chi connectivity index (χ4v) is 3.09. The molecular formula is C19H12ClNO3. The molecular weight excluding hydrogens is 326 g/mol. The fraction of sp³-hybridized carbons (Fsp3) is 0.0526. The van der Waals surface area contributed by atoms with E-state index in [0.717, 1.165) is 16.3 Å². The van der Waals surface area contributed by atoms with Crippen LogP contribution < -0.4 is 4.74 Å². The Bertz CT molecular complexity index is 980. The molecule has 1 aliphatic rings. The van der Waals surface area contributed by atoms with Crippen LogP contribution in [0.2, 0.25) is 5.02 Å². The van der Waals surface area contributed by atoms with Gasteiger partial charge < -0.3 is 4.74 Å². The molecule has 0 N–H and O–H groups in total. The van der Waals surface area contributed by atoms with Gasteiger partial charge in [-0.25, -0.2) is 0 Å². The highest BCUT2D eigenvalue weighted by molar-refractivity contribution is 6.30. The van der Waals surface area contributed by atoms with Crippen molar-refractivity contribution in [2.75, 3.05) is 0 Å². The van der Waals surface area contributed by atoms with E-state index in [1.165, 1.54) is 0 Å². The molecule has 4 rings (SSSR count). The van der Waals surface area contributed by atoms with Crippen LogP contribution in [0.3, 0.4) is 0 Å². The summed E-state index contributed by atoms with van der Waals surface area (Å²) < 4.78 is 5.99. The lowest BCUT2D eigenvalue weighted by Crippen LogP contribution is -2.19. The van der Waals surface area contributed by atoms with Crippen molar-refractivity contribution in [2.24, 2.45) is 0 Å². The van der Waals surface area contributed by atoms with Crippen molar-refractivity contribution in [2.45, 2.75) is 6.10 Å². The average molecular weight is 338 g/mol.